The number of ether oxygens (including phenoxy) is 4. The highest BCUT2D eigenvalue weighted by Gasteiger charge is 2.38. The number of carbonyl (C=O) groups excluding carboxylic acids is 1. The van der Waals surface area contributed by atoms with E-state index >= 15 is 0 Å². The molecule has 4 atom stereocenters. The Morgan fingerprint density at radius 3 is 2.48 bits per heavy atom. The number of aliphatic hydroxyl groups is 2. The van der Waals surface area contributed by atoms with E-state index in [4.69, 9.17) is 18.9 Å². The average Bonchev–Trinajstić information content (AvgIpc) is 2.75. The zero-order valence-corrected chi connectivity index (χ0v) is 20.4. The van der Waals surface area contributed by atoms with E-state index in [9.17, 15) is 15.0 Å². The van der Waals surface area contributed by atoms with Gasteiger partial charge in [0, 0.05) is 12.2 Å². The topological polar surface area (TPSA) is 94.5 Å². The number of benzene rings is 2. The molecule has 0 aromatic heterocycles. The number of hydrogen-bond donors (Lipinski definition) is 2. The zero-order valence-electron chi connectivity index (χ0n) is 19.6. The Morgan fingerprint density at radius 2 is 1.82 bits per heavy atom. The molecule has 33 heavy (non-hydrogen) atoms. The molecule has 2 N–H and O–H groups in total. The van der Waals surface area contributed by atoms with Gasteiger partial charge in [0.05, 0.1) is 18.3 Å². The van der Waals surface area contributed by atoms with E-state index in [0.29, 0.717) is 29.2 Å². The van der Waals surface area contributed by atoms with Gasteiger partial charge in [-0.1, -0.05) is 18.2 Å². The molecule has 0 saturated carbocycles. The summed E-state index contributed by atoms with van der Waals surface area (Å²) in [6, 6.07) is 14.5. The molecule has 2 aromatic carbocycles. The van der Waals surface area contributed by atoms with Crippen molar-refractivity contribution in [3.8, 4) is 11.5 Å². The van der Waals surface area contributed by atoms with Crippen molar-refractivity contribution < 1.29 is 34.0 Å². The summed E-state index contributed by atoms with van der Waals surface area (Å²) in [4.78, 5) is 12.6. The predicted molar refractivity (Wildman–Crippen MR) is 129 cm³/mol. The summed E-state index contributed by atoms with van der Waals surface area (Å²) in [6.45, 7) is 2.11. The average molecular weight is 479 g/mol. The summed E-state index contributed by atoms with van der Waals surface area (Å²) in [5.41, 5.74) is 1.09. The van der Waals surface area contributed by atoms with Crippen LogP contribution >= 0.6 is 10.0 Å². The second-order valence-corrected chi connectivity index (χ2v) is 13.6. The molecule has 0 unspecified atom stereocenters. The maximum atomic E-state index is 12.6. The number of esters is 1. The molecule has 8 heteroatoms. The smallest absolute Gasteiger partial charge is 0.338 e. The fourth-order valence-electron chi connectivity index (χ4n) is 3.38. The number of rotatable bonds is 9. The van der Waals surface area contributed by atoms with Crippen molar-refractivity contribution >= 4 is 16.0 Å². The SMILES string of the molecule is Cc1cc(Oc2ccccc2)ccc1C(=O)OC[C@H]1O[C@@H](OCCS(C)(C)C)C[C@@H](O)[C@@H]1O. The molecule has 1 saturated heterocycles. The van der Waals surface area contributed by atoms with Gasteiger partial charge in [-0.05, 0) is 61.6 Å². The van der Waals surface area contributed by atoms with Gasteiger partial charge in [0.25, 0.3) is 0 Å². The molecule has 7 nitrogen and oxygen atoms in total. The first kappa shape index (κ1) is 25.5. The van der Waals surface area contributed by atoms with E-state index in [1.54, 1.807) is 25.1 Å². The Morgan fingerprint density at radius 1 is 1.09 bits per heavy atom. The maximum Gasteiger partial charge on any atom is 0.338 e. The van der Waals surface area contributed by atoms with Crippen LogP contribution in [0.4, 0.5) is 0 Å². The second-order valence-electron chi connectivity index (χ2n) is 9.05. The summed E-state index contributed by atoms with van der Waals surface area (Å²) in [5.74, 6) is 1.69. The summed E-state index contributed by atoms with van der Waals surface area (Å²) in [7, 11) is -0.711. The lowest BCUT2D eigenvalue weighted by molar-refractivity contribution is -0.255. The summed E-state index contributed by atoms with van der Waals surface area (Å²) >= 11 is 0. The monoisotopic (exact) mass is 478 g/mol. The standard InChI is InChI=1S/C25H34O7S/c1-17-14-19(31-18-8-6-5-7-9-18)10-11-20(17)25(28)30-16-22-24(27)21(26)15-23(32-22)29-12-13-33(2,3)4/h5-11,14,21-24,26-27H,12-13,15-16H2,1-4H3/t21-,22-,23-,24+/m1/s1. The van der Waals surface area contributed by atoms with Crippen molar-refractivity contribution in [2.75, 3.05) is 37.7 Å². The number of aliphatic hydroxyl groups excluding tert-OH is 2. The van der Waals surface area contributed by atoms with E-state index in [-0.39, 0.29) is 13.0 Å². The molecule has 0 radical (unpaired) electrons. The van der Waals surface area contributed by atoms with Crippen LogP contribution in [-0.4, -0.2) is 78.5 Å². The first-order valence-electron chi connectivity index (χ1n) is 10.9. The van der Waals surface area contributed by atoms with Crippen LogP contribution in [0.5, 0.6) is 11.5 Å². The van der Waals surface area contributed by atoms with Crippen LogP contribution in [0.2, 0.25) is 0 Å². The van der Waals surface area contributed by atoms with Gasteiger partial charge in [-0.3, -0.25) is 0 Å². The molecule has 2 aromatic rings. The first-order valence-corrected chi connectivity index (χ1v) is 13.9. The molecule has 182 valence electrons. The predicted octanol–water partition coefficient (Wildman–Crippen LogP) is 3.49. The van der Waals surface area contributed by atoms with E-state index < -0.39 is 40.6 Å². The minimum atomic E-state index is -1.16. The highest BCUT2D eigenvalue weighted by molar-refractivity contribution is 8.32. The number of hydrogen-bond acceptors (Lipinski definition) is 7. The lowest BCUT2D eigenvalue weighted by Crippen LogP contribution is -2.51. The maximum absolute atomic E-state index is 12.6. The Bertz CT molecular complexity index is 913. The van der Waals surface area contributed by atoms with Crippen molar-refractivity contribution in [2.24, 2.45) is 0 Å². The highest BCUT2D eigenvalue weighted by atomic mass is 32.3. The third-order valence-electron chi connectivity index (χ3n) is 5.31. The highest BCUT2D eigenvalue weighted by Crippen LogP contribution is 2.34. The molecule has 0 bridgehead atoms. The molecular formula is C25H34O7S. The molecule has 0 aliphatic carbocycles. The number of carbonyl (C=O) groups is 1. The normalized spacial score (nSPS) is 23.7. The second kappa shape index (κ2) is 11.4. The van der Waals surface area contributed by atoms with Gasteiger partial charge >= 0.3 is 5.97 Å². The Labute approximate surface area is 196 Å². The third kappa shape index (κ3) is 7.72. The Hall–Kier alpha value is -2.10. The number of aryl methyl sites for hydroxylation is 1. The van der Waals surface area contributed by atoms with Gasteiger partial charge in [0.1, 0.15) is 30.3 Å². The molecule has 1 fully saturated rings. The molecule has 3 rings (SSSR count). The van der Waals surface area contributed by atoms with Gasteiger partial charge in [0.2, 0.25) is 0 Å². The lowest BCUT2D eigenvalue weighted by atomic mass is 10.0. The molecule has 0 amide bonds. The van der Waals surface area contributed by atoms with E-state index in [1.165, 1.54) is 0 Å². The van der Waals surface area contributed by atoms with E-state index in [1.807, 2.05) is 30.3 Å². The fraction of sp³-hybridized carbons (Fsp3) is 0.480. The van der Waals surface area contributed by atoms with E-state index in [2.05, 4.69) is 18.8 Å². The number of para-hydroxylation sites is 1. The van der Waals surface area contributed by atoms with Crippen LogP contribution in [0.25, 0.3) is 0 Å². The van der Waals surface area contributed by atoms with Crippen LogP contribution < -0.4 is 4.74 Å². The lowest BCUT2D eigenvalue weighted by Gasteiger charge is -2.37. The minimum absolute atomic E-state index is 0.174. The van der Waals surface area contributed by atoms with Crippen molar-refractivity contribution in [1.29, 1.82) is 0 Å². The molecule has 0 spiro atoms. The van der Waals surface area contributed by atoms with Crippen LogP contribution in [0.3, 0.4) is 0 Å². The molecule has 1 aliphatic heterocycles. The van der Waals surface area contributed by atoms with Crippen molar-refractivity contribution in [3.63, 3.8) is 0 Å². The zero-order chi connectivity index (χ0) is 24.0. The Kier molecular flexibility index (Phi) is 8.78. The van der Waals surface area contributed by atoms with Crippen molar-refractivity contribution in [1.82, 2.24) is 0 Å². The molecular weight excluding hydrogens is 444 g/mol. The fourth-order valence-corrected chi connectivity index (χ4v) is 3.98. The van der Waals surface area contributed by atoms with Gasteiger partial charge in [0.15, 0.2) is 6.29 Å². The quantitative estimate of drug-likeness (QED) is 0.533. The van der Waals surface area contributed by atoms with Crippen LogP contribution in [0, 0.1) is 6.92 Å². The van der Waals surface area contributed by atoms with Gasteiger partial charge < -0.3 is 29.2 Å². The van der Waals surface area contributed by atoms with Crippen molar-refractivity contribution in [3.05, 3.63) is 59.7 Å². The third-order valence-corrected chi connectivity index (χ3v) is 6.70. The van der Waals surface area contributed by atoms with Gasteiger partial charge in [-0.2, -0.15) is 0 Å². The summed E-state index contributed by atoms with van der Waals surface area (Å²) in [6.07, 6.45) is 3.08. The molecule has 1 aliphatic rings. The summed E-state index contributed by atoms with van der Waals surface area (Å²) in [5, 5.41) is 20.5. The van der Waals surface area contributed by atoms with Gasteiger partial charge in [-0.15, -0.1) is 0 Å². The van der Waals surface area contributed by atoms with Crippen molar-refractivity contribution in [2.45, 2.75) is 37.9 Å². The summed E-state index contributed by atoms with van der Waals surface area (Å²) < 4.78 is 22.7. The molecule has 1 heterocycles. The van der Waals surface area contributed by atoms with E-state index in [0.717, 1.165) is 5.75 Å². The first-order chi connectivity index (χ1) is 15.6. The van der Waals surface area contributed by atoms with Gasteiger partial charge in [-0.25, -0.2) is 14.8 Å². The van der Waals surface area contributed by atoms with Crippen LogP contribution in [-0.2, 0) is 14.2 Å². The largest absolute Gasteiger partial charge is 0.459 e. The minimum Gasteiger partial charge on any atom is -0.459 e. The Balaban J connectivity index is 1.55. The van der Waals surface area contributed by atoms with Crippen LogP contribution in [0.15, 0.2) is 48.5 Å². The van der Waals surface area contributed by atoms with Crippen LogP contribution in [0.1, 0.15) is 22.3 Å².